The Hall–Kier alpha value is -1.33. The third-order valence-corrected chi connectivity index (χ3v) is 3.25. The normalized spacial score (nSPS) is 19.4. The lowest BCUT2D eigenvalue weighted by atomic mass is 10.2. The molecule has 1 N–H and O–H groups in total. The quantitative estimate of drug-likeness (QED) is 0.799. The van der Waals surface area contributed by atoms with E-state index in [0.717, 1.165) is 18.7 Å². The number of esters is 1. The summed E-state index contributed by atoms with van der Waals surface area (Å²) in [6, 6.07) is 2.38. The first-order chi connectivity index (χ1) is 8.70. The van der Waals surface area contributed by atoms with Crippen LogP contribution in [0.4, 0.5) is 0 Å². The van der Waals surface area contributed by atoms with Gasteiger partial charge in [-0.15, -0.1) is 0 Å². The third kappa shape index (κ3) is 3.11. The molecule has 0 radical (unpaired) electrons. The number of carbonyl (C=O) groups is 1. The summed E-state index contributed by atoms with van der Waals surface area (Å²) in [4.78, 5) is 13.7. The van der Waals surface area contributed by atoms with Crippen LogP contribution in [0.25, 0.3) is 0 Å². The van der Waals surface area contributed by atoms with Crippen molar-refractivity contribution in [3.05, 3.63) is 23.7 Å². The molecule has 0 aliphatic carbocycles. The van der Waals surface area contributed by atoms with Gasteiger partial charge in [-0.05, 0) is 32.5 Å². The second-order valence-electron chi connectivity index (χ2n) is 4.76. The van der Waals surface area contributed by atoms with Gasteiger partial charge in [0.15, 0.2) is 0 Å². The Morgan fingerprint density at radius 2 is 2.50 bits per heavy atom. The molecule has 0 saturated carbocycles. The summed E-state index contributed by atoms with van der Waals surface area (Å²) >= 11 is 0. The summed E-state index contributed by atoms with van der Waals surface area (Å²) in [7, 11) is 3.41. The molecule has 5 heteroatoms. The van der Waals surface area contributed by atoms with Crippen LogP contribution in [0, 0.1) is 0 Å². The van der Waals surface area contributed by atoms with Crippen molar-refractivity contribution in [2.24, 2.45) is 0 Å². The molecule has 100 valence electrons. The molecule has 0 bridgehead atoms. The van der Waals surface area contributed by atoms with E-state index in [0.29, 0.717) is 18.3 Å². The summed E-state index contributed by atoms with van der Waals surface area (Å²) in [5, 5.41) is 3.46. The SMILES string of the molecule is COC(=O)c1occc1CN(C)CC1CCCN1. The van der Waals surface area contributed by atoms with Crippen LogP contribution < -0.4 is 5.32 Å². The van der Waals surface area contributed by atoms with E-state index in [9.17, 15) is 4.79 Å². The van der Waals surface area contributed by atoms with E-state index in [4.69, 9.17) is 4.42 Å². The maximum atomic E-state index is 11.5. The molecule has 1 unspecified atom stereocenters. The van der Waals surface area contributed by atoms with Gasteiger partial charge in [0, 0.05) is 24.7 Å². The maximum Gasteiger partial charge on any atom is 0.374 e. The number of methoxy groups -OCH3 is 1. The van der Waals surface area contributed by atoms with Crippen LogP contribution in [0.3, 0.4) is 0 Å². The average molecular weight is 252 g/mol. The van der Waals surface area contributed by atoms with Crippen LogP contribution in [0.15, 0.2) is 16.7 Å². The minimum Gasteiger partial charge on any atom is -0.463 e. The van der Waals surface area contributed by atoms with Gasteiger partial charge in [0.2, 0.25) is 5.76 Å². The van der Waals surface area contributed by atoms with Gasteiger partial charge in [0.05, 0.1) is 13.4 Å². The van der Waals surface area contributed by atoms with Crippen LogP contribution in [-0.4, -0.2) is 44.2 Å². The smallest absolute Gasteiger partial charge is 0.374 e. The maximum absolute atomic E-state index is 11.5. The first-order valence-electron chi connectivity index (χ1n) is 6.27. The van der Waals surface area contributed by atoms with Gasteiger partial charge in [0.25, 0.3) is 0 Å². The molecular formula is C13H20N2O3. The molecule has 1 saturated heterocycles. The van der Waals surface area contributed by atoms with E-state index in [2.05, 4.69) is 15.0 Å². The van der Waals surface area contributed by atoms with Gasteiger partial charge in [0.1, 0.15) is 0 Å². The lowest BCUT2D eigenvalue weighted by Crippen LogP contribution is -2.35. The van der Waals surface area contributed by atoms with Crippen molar-refractivity contribution in [3.63, 3.8) is 0 Å². The van der Waals surface area contributed by atoms with Crippen LogP contribution >= 0.6 is 0 Å². The Kier molecular flexibility index (Phi) is 4.38. The number of likely N-dealkylation sites (N-methyl/N-ethyl adjacent to an activating group) is 1. The molecule has 18 heavy (non-hydrogen) atoms. The zero-order chi connectivity index (χ0) is 13.0. The highest BCUT2D eigenvalue weighted by molar-refractivity contribution is 5.87. The second kappa shape index (κ2) is 6.02. The number of furan rings is 1. The number of ether oxygens (including phenoxy) is 1. The Morgan fingerprint density at radius 3 is 3.17 bits per heavy atom. The van der Waals surface area contributed by atoms with Crippen molar-refractivity contribution < 1.29 is 13.9 Å². The van der Waals surface area contributed by atoms with Crippen molar-refractivity contribution >= 4 is 5.97 Å². The van der Waals surface area contributed by atoms with Gasteiger partial charge in [-0.1, -0.05) is 0 Å². The number of hydrogen-bond acceptors (Lipinski definition) is 5. The van der Waals surface area contributed by atoms with Gasteiger partial charge < -0.3 is 19.4 Å². The molecule has 0 amide bonds. The predicted molar refractivity (Wildman–Crippen MR) is 67.4 cm³/mol. The van der Waals surface area contributed by atoms with Crippen LogP contribution in [0.5, 0.6) is 0 Å². The first kappa shape index (κ1) is 13.1. The van der Waals surface area contributed by atoms with Gasteiger partial charge in [-0.25, -0.2) is 4.79 Å². The van der Waals surface area contributed by atoms with Crippen molar-refractivity contribution in [3.8, 4) is 0 Å². The predicted octanol–water partition coefficient (Wildman–Crippen LogP) is 1.25. The minimum absolute atomic E-state index is 0.309. The van der Waals surface area contributed by atoms with Crippen LogP contribution in [0.1, 0.15) is 29.0 Å². The molecule has 1 aliphatic rings. The molecule has 1 aromatic rings. The lowest BCUT2D eigenvalue weighted by molar-refractivity contribution is 0.0562. The Labute approximate surface area is 107 Å². The Balaban J connectivity index is 1.91. The summed E-state index contributed by atoms with van der Waals surface area (Å²) in [6.45, 7) is 2.78. The topological polar surface area (TPSA) is 54.7 Å². The Bertz CT molecular complexity index is 397. The van der Waals surface area contributed by atoms with Gasteiger partial charge in [-0.2, -0.15) is 0 Å². The van der Waals surface area contributed by atoms with Crippen molar-refractivity contribution in [2.75, 3.05) is 27.2 Å². The summed E-state index contributed by atoms with van der Waals surface area (Å²) in [5.74, 6) is -0.105. The average Bonchev–Trinajstić information content (AvgIpc) is 2.99. The molecule has 0 aromatic carbocycles. The molecule has 0 spiro atoms. The zero-order valence-electron chi connectivity index (χ0n) is 10.9. The highest BCUT2D eigenvalue weighted by atomic mass is 16.5. The van der Waals surface area contributed by atoms with E-state index in [1.165, 1.54) is 26.2 Å². The first-order valence-corrected chi connectivity index (χ1v) is 6.27. The van der Waals surface area contributed by atoms with Crippen molar-refractivity contribution in [2.45, 2.75) is 25.4 Å². The number of nitrogens with zero attached hydrogens (tertiary/aromatic N) is 1. The number of hydrogen-bond donors (Lipinski definition) is 1. The number of carbonyl (C=O) groups excluding carboxylic acids is 1. The summed E-state index contributed by atoms with van der Waals surface area (Å²) in [5.41, 5.74) is 0.877. The van der Waals surface area contributed by atoms with Crippen molar-refractivity contribution in [1.82, 2.24) is 10.2 Å². The number of nitrogens with one attached hydrogen (secondary N) is 1. The van der Waals surface area contributed by atoms with E-state index >= 15 is 0 Å². The van der Waals surface area contributed by atoms with E-state index in [-0.39, 0.29) is 0 Å². The van der Waals surface area contributed by atoms with E-state index in [1.54, 1.807) is 0 Å². The zero-order valence-corrected chi connectivity index (χ0v) is 10.9. The summed E-state index contributed by atoms with van der Waals surface area (Å²) < 4.78 is 9.86. The molecule has 5 nitrogen and oxygen atoms in total. The van der Waals surface area contributed by atoms with E-state index < -0.39 is 5.97 Å². The minimum atomic E-state index is -0.414. The fraction of sp³-hybridized carbons (Fsp3) is 0.615. The molecule has 2 heterocycles. The number of rotatable bonds is 5. The molecule has 2 rings (SSSR count). The largest absolute Gasteiger partial charge is 0.463 e. The van der Waals surface area contributed by atoms with Gasteiger partial charge in [-0.3, -0.25) is 0 Å². The standard InChI is InChI=1S/C13H20N2O3/c1-15(9-11-4-3-6-14-11)8-10-5-7-18-12(10)13(16)17-2/h5,7,11,14H,3-4,6,8-9H2,1-2H3. The molecule has 1 aliphatic heterocycles. The summed E-state index contributed by atoms with van der Waals surface area (Å²) in [6.07, 6.45) is 4.00. The Morgan fingerprint density at radius 1 is 1.67 bits per heavy atom. The third-order valence-electron chi connectivity index (χ3n) is 3.25. The van der Waals surface area contributed by atoms with Crippen LogP contribution in [0.2, 0.25) is 0 Å². The fourth-order valence-corrected chi connectivity index (χ4v) is 2.38. The highest BCUT2D eigenvalue weighted by Gasteiger charge is 2.19. The fourth-order valence-electron chi connectivity index (χ4n) is 2.38. The monoisotopic (exact) mass is 252 g/mol. The molecule has 1 atom stereocenters. The van der Waals surface area contributed by atoms with Crippen molar-refractivity contribution in [1.29, 1.82) is 0 Å². The van der Waals surface area contributed by atoms with Gasteiger partial charge >= 0.3 is 5.97 Å². The highest BCUT2D eigenvalue weighted by Crippen LogP contribution is 2.15. The molecule has 1 fully saturated rings. The lowest BCUT2D eigenvalue weighted by Gasteiger charge is -2.20. The molecular weight excluding hydrogens is 232 g/mol. The van der Waals surface area contributed by atoms with Crippen LogP contribution in [-0.2, 0) is 11.3 Å². The van der Waals surface area contributed by atoms with E-state index in [1.807, 2.05) is 13.1 Å². The second-order valence-corrected chi connectivity index (χ2v) is 4.76. The molecule has 1 aromatic heterocycles.